The number of alkyl halides is 3. The summed E-state index contributed by atoms with van der Waals surface area (Å²) in [5.41, 5.74) is -1.56. The molecule has 0 fully saturated rings. The number of carbonyl (C=O) groups excluding carboxylic acids is 1. The molecule has 0 atom stereocenters. The van der Waals surface area contributed by atoms with Gasteiger partial charge in [-0.05, 0) is 66.7 Å². The maximum Gasteiger partial charge on any atom is 0.416 e. The summed E-state index contributed by atoms with van der Waals surface area (Å²) in [5.74, 6) is -2.39. The Morgan fingerprint density at radius 1 is 0.909 bits per heavy atom. The Hall–Kier alpha value is -3.18. The lowest BCUT2D eigenvalue weighted by atomic mass is 10.2. The molecule has 0 aromatic heterocycles. The number of halogens is 6. The van der Waals surface area contributed by atoms with Gasteiger partial charge in [-0.15, -0.1) is 0 Å². The lowest BCUT2D eigenvalue weighted by Gasteiger charge is -2.24. The van der Waals surface area contributed by atoms with Crippen molar-refractivity contribution in [2.45, 2.75) is 11.1 Å². The summed E-state index contributed by atoms with van der Waals surface area (Å²) in [5, 5.41) is 1.95. The van der Waals surface area contributed by atoms with E-state index in [-0.39, 0.29) is 21.3 Å². The second-order valence-corrected chi connectivity index (χ2v) is 8.95. The Labute approximate surface area is 190 Å². The molecule has 0 heterocycles. The van der Waals surface area contributed by atoms with E-state index < -0.39 is 45.8 Å². The predicted molar refractivity (Wildman–Crippen MR) is 112 cm³/mol. The molecular weight excluding hydrogens is 491 g/mol. The number of carbonyl (C=O) groups is 1. The van der Waals surface area contributed by atoms with Crippen LogP contribution >= 0.6 is 11.6 Å². The van der Waals surface area contributed by atoms with Crippen LogP contribution in [-0.2, 0) is 21.0 Å². The second-order valence-electron chi connectivity index (χ2n) is 6.68. The number of benzene rings is 3. The average Bonchev–Trinajstić information content (AvgIpc) is 2.74. The Morgan fingerprint density at radius 2 is 1.45 bits per heavy atom. The van der Waals surface area contributed by atoms with Crippen molar-refractivity contribution >= 4 is 38.9 Å². The minimum absolute atomic E-state index is 0.106. The smallest absolute Gasteiger partial charge is 0.323 e. The lowest BCUT2D eigenvalue weighted by molar-refractivity contribution is -0.137. The minimum atomic E-state index is -4.70. The third kappa shape index (κ3) is 5.79. The highest BCUT2D eigenvalue weighted by Gasteiger charge is 2.32. The first-order chi connectivity index (χ1) is 15.4. The molecular formula is C21H14ClF5N2O3S. The van der Waals surface area contributed by atoms with Crippen molar-refractivity contribution in [3.63, 3.8) is 0 Å². The highest BCUT2D eigenvalue weighted by Crippen LogP contribution is 2.34. The van der Waals surface area contributed by atoms with Gasteiger partial charge in [-0.3, -0.25) is 9.10 Å². The van der Waals surface area contributed by atoms with Gasteiger partial charge in [0.05, 0.1) is 26.9 Å². The van der Waals surface area contributed by atoms with Gasteiger partial charge in [0.25, 0.3) is 10.0 Å². The van der Waals surface area contributed by atoms with Crippen LogP contribution in [0.5, 0.6) is 0 Å². The quantitative estimate of drug-likeness (QED) is 0.453. The summed E-state index contributed by atoms with van der Waals surface area (Å²) in [6.45, 7) is -0.891. The molecule has 12 heteroatoms. The molecule has 0 aliphatic heterocycles. The van der Waals surface area contributed by atoms with Crippen molar-refractivity contribution < 1.29 is 35.2 Å². The molecule has 3 aromatic rings. The van der Waals surface area contributed by atoms with E-state index in [1.807, 2.05) is 0 Å². The third-order valence-corrected chi connectivity index (χ3v) is 6.49. The van der Waals surface area contributed by atoms with Gasteiger partial charge in [0.2, 0.25) is 5.91 Å². The normalized spacial score (nSPS) is 11.8. The highest BCUT2D eigenvalue weighted by atomic mass is 35.5. The van der Waals surface area contributed by atoms with Crippen LogP contribution in [0.3, 0.4) is 0 Å². The van der Waals surface area contributed by atoms with Gasteiger partial charge in [0.15, 0.2) is 0 Å². The number of nitrogens with zero attached hydrogens (tertiary/aromatic N) is 1. The first-order valence-electron chi connectivity index (χ1n) is 9.08. The van der Waals surface area contributed by atoms with Crippen molar-refractivity contribution in [1.29, 1.82) is 0 Å². The summed E-state index contributed by atoms with van der Waals surface area (Å²) < 4.78 is 92.4. The fourth-order valence-electron chi connectivity index (χ4n) is 2.77. The van der Waals surface area contributed by atoms with E-state index >= 15 is 0 Å². The predicted octanol–water partition coefficient (Wildman–Crippen LogP) is 5.47. The molecule has 33 heavy (non-hydrogen) atoms. The summed E-state index contributed by atoms with van der Waals surface area (Å²) >= 11 is 5.87. The Bertz CT molecular complexity index is 1260. The Balaban J connectivity index is 1.95. The third-order valence-electron chi connectivity index (χ3n) is 4.37. The Kier molecular flexibility index (Phi) is 6.94. The molecule has 174 valence electrons. The minimum Gasteiger partial charge on any atom is -0.323 e. The molecule has 3 aromatic carbocycles. The van der Waals surface area contributed by atoms with Crippen LogP contribution in [0.25, 0.3) is 0 Å². The standard InChI is InChI=1S/C21H14ClF5N2O3S/c22-18-10-1-13(21(25,26)27)11-19(18)28-20(30)12-29(16-6-2-14(23)3-7-16)33(31,32)17-8-4-15(24)5-9-17/h1-11H,12H2,(H,28,30). The second kappa shape index (κ2) is 9.36. The molecule has 0 saturated carbocycles. The highest BCUT2D eigenvalue weighted by molar-refractivity contribution is 7.92. The number of hydrogen-bond donors (Lipinski definition) is 1. The van der Waals surface area contributed by atoms with Crippen molar-refractivity contribution in [3.05, 3.63) is 89.0 Å². The molecule has 3 rings (SSSR count). The molecule has 0 aliphatic carbocycles. The largest absolute Gasteiger partial charge is 0.416 e. The summed E-state index contributed by atoms with van der Waals surface area (Å²) in [6.07, 6.45) is -4.70. The van der Waals surface area contributed by atoms with Crippen LogP contribution in [0.15, 0.2) is 71.6 Å². The maximum absolute atomic E-state index is 13.3. The number of sulfonamides is 1. The monoisotopic (exact) mass is 504 g/mol. The number of anilines is 2. The first kappa shape index (κ1) is 24.5. The molecule has 1 N–H and O–H groups in total. The van der Waals surface area contributed by atoms with Crippen molar-refractivity contribution in [1.82, 2.24) is 0 Å². The van der Waals surface area contributed by atoms with Crippen LogP contribution in [0.2, 0.25) is 5.02 Å². The zero-order chi connectivity index (χ0) is 24.4. The van der Waals surface area contributed by atoms with E-state index in [1.165, 1.54) is 0 Å². The summed E-state index contributed by atoms with van der Waals surface area (Å²) in [6, 6.07) is 10.1. The Morgan fingerprint density at radius 3 is 2.00 bits per heavy atom. The van der Waals surface area contributed by atoms with Gasteiger partial charge in [0, 0.05) is 0 Å². The summed E-state index contributed by atoms with van der Waals surface area (Å²) in [4.78, 5) is 12.3. The molecule has 0 saturated heterocycles. The van der Waals surface area contributed by atoms with E-state index in [0.29, 0.717) is 10.4 Å². The van der Waals surface area contributed by atoms with Gasteiger partial charge in [-0.2, -0.15) is 13.2 Å². The van der Waals surface area contributed by atoms with E-state index in [2.05, 4.69) is 5.32 Å². The van der Waals surface area contributed by atoms with Crippen LogP contribution in [0, 0.1) is 11.6 Å². The van der Waals surface area contributed by atoms with Crippen LogP contribution in [0.4, 0.5) is 33.3 Å². The molecule has 0 bridgehead atoms. The van der Waals surface area contributed by atoms with Gasteiger partial charge >= 0.3 is 6.18 Å². The fraction of sp³-hybridized carbons (Fsp3) is 0.0952. The lowest BCUT2D eigenvalue weighted by Crippen LogP contribution is -2.38. The number of nitrogens with one attached hydrogen (secondary N) is 1. The van der Waals surface area contributed by atoms with Gasteiger partial charge in [-0.1, -0.05) is 11.6 Å². The van der Waals surface area contributed by atoms with Crippen molar-refractivity contribution in [3.8, 4) is 0 Å². The maximum atomic E-state index is 13.3. The van der Waals surface area contributed by atoms with Gasteiger partial charge in [-0.25, -0.2) is 17.2 Å². The van der Waals surface area contributed by atoms with Crippen molar-refractivity contribution in [2.75, 3.05) is 16.2 Å². The van der Waals surface area contributed by atoms with E-state index in [0.717, 1.165) is 60.7 Å². The molecule has 0 radical (unpaired) electrons. The SMILES string of the molecule is O=C(CN(c1ccc(F)cc1)S(=O)(=O)c1ccc(F)cc1)Nc1cc(C(F)(F)F)ccc1Cl. The van der Waals surface area contributed by atoms with Crippen LogP contribution in [0.1, 0.15) is 5.56 Å². The molecule has 5 nitrogen and oxygen atoms in total. The zero-order valence-corrected chi connectivity index (χ0v) is 18.0. The number of rotatable bonds is 6. The van der Waals surface area contributed by atoms with Crippen LogP contribution < -0.4 is 9.62 Å². The fourth-order valence-corrected chi connectivity index (χ4v) is 4.36. The summed E-state index contributed by atoms with van der Waals surface area (Å²) in [7, 11) is -4.44. The zero-order valence-electron chi connectivity index (χ0n) is 16.4. The van der Waals surface area contributed by atoms with E-state index in [9.17, 15) is 35.2 Å². The van der Waals surface area contributed by atoms with Gasteiger partial charge < -0.3 is 5.32 Å². The average molecular weight is 505 g/mol. The van der Waals surface area contributed by atoms with E-state index in [4.69, 9.17) is 11.6 Å². The number of hydrogen-bond acceptors (Lipinski definition) is 3. The van der Waals surface area contributed by atoms with E-state index in [1.54, 1.807) is 0 Å². The number of amides is 1. The van der Waals surface area contributed by atoms with Gasteiger partial charge in [0.1, 0.15) is 18.2 Å². The first-order valence-corrected chi connectivity index (χ1v) is 10.9. The molecule has 0 aliphatic rings. The van der Waals surface area contributed by atoms with Crippen molar-refractivity contribution in [2.24, 2.45) is 0 Å². The molecule has 1 amide bonds. The molecule has 0 spiro atoms. The molecule has 0 unspecified atom stereocenters. The topological polar surface area (TPSA) is 66.5 Å². The van der Waals surface area contributed by atoms with Crippen LogP contribution in [-0.4, -0.2) is 20.9 Å².